The number of pyridine rings is 1. The average Bonchev–Trinajstić information content (AvgIpc) is 2.47. The fourth-order valence-electron chi connectivity index (χ4n) is 2.51. The van der Waals surface area contributed by atoms with E-state index < -0.39 is 11.6 Å². The first-order chi connectivity index (χ1) is 9.91. The standard InChI is InChI=1S/C15H20BrN3O2/c1-4-12-13(20)18-15(3,5-2)14(21)19(12)9-11-7-6-10(16)8-17-11/h6-8,12H,4-5,9H2,1-3H3,(H,18,20). The van der Waals surface area contributed by atoms with Gasteiger partial charge in [-0.1, -0.05) is 13.8 Å². The molecule has 0 saturated carbocycles. The molecule has 2 heterocycles. The van der Waals surface area contributed by atoms with Crippen molar-refractivity contribution in [1.29, 1.82) is 0 Å². The first-order valence-electron chi connectivity index (χ1n) is 7.14. The first kappa shape index (κ1) is 15.9. The highest BCUT2D eigenvalue weighted by Crippen LogP contribution is 2.24. The van der Waals surface area contributed by atoms with Crippen molar-refractivity contribution in [2.24, 2.45) is 0 Å². The summed E-state index contributed by atoms with van der Waals surface area (Å²) in [7, 11) is 0. The zero-order valence-corrected chi connectivity index (χ0v) is 14.1. The van der Waals surface area contributed by atoms with Gasteiger partial charge in [0.15, 0.2) is 0 Å². The van der Waals surface area contributed by atoms with Crippen LogP contribution in [0.2, 0.25) is 0 Å². The molecular weight excluding hydrogens is 334 g/mol. The third-order valence-electron chi connectivity index (χ3n) is 4.03. The normalized spacial score (nSPS) is 25.9. The van der Waals surface area contributed by atoms with Gasteiger partial charge in [0.05, 0.1) is 12.2 Å². The molecule has 114 valence electrons. The number of carbonyl (C=O) groups is 2. The van der Waals surface area contributed by atoms with E-state index in [1.165, 1.54) is 0 Å². The zero-order valence-electron chi connectivity index (χ0n) is 12.5. The summed E-state index contributed by atoms with van der Waals surface area (Å²) in [5.41, 5.74) is -0.0452. The molecule has 2 rings (SSSR count). The summed E-state index contributed by atoms with van der Waals surface area (Å²) in [5.74, 6) is -0.125. The molecule has 1 N–H and O–H groups in total. The monoisotopic (exact) mass is 353 g/mol. The molecule has 0 aromatic carbocycles. The summed E-state index contributed by atoms with van der Waals surface area (Å²) in [6, 6.07) is 3.32. The van der Waals surface area contributed by atoms with Crippen LogP contribution in [0.1, 0.15) is 39.3 Å². The molecule has 1 aromatic heterocycles. The second kappa shape index (κ2) is 6.13. The van der Waals surface area contributed by atoms with E-state index in [2.05, 4.69) is 26.2 Å². The van der Waals surface area contributed by atoms with E-state index in [1.54, 1.807) is 18.0 Å². The van der Waals surface area contributed by atoms with Gasteiger partial charge in [0.1, 0.15) is 11.6 Å². The quantitative estimate of drug-likeness (QED) is 0.902. The lowest BCUT2D eigenvalue weighted by Gasteiger charge is -2.43. The molecule has 0 radical (unpaired) electrons. The maximum Gasteiger partial charge on any atom is 0.249 e. The Hall–Kier alpha value is -1.43. The number of nitrogens with one attached hydrogen (secondary N) is 1. The van der Waals surface area contributed by atoms with Gasteiger partial charge >= 0.3 is 0 Å². The molecule has 1 aliphatic rings. The van der Waals surface area contributed by atoms with Crippen LogP contribution in [0.4, 0.5) is 0 Å². The predicted octanol–water partition coefficient (Wildman–Crippen LogP) is 2.25. The summed E-state index contributed by atoms with van der Waals surface area (Å²) in [5, 5.41) is 2.86. The molecule has 0 aliphatic carbocycles. The second-order valence-electron chi connectivity index (χ2n) is 5.50. The number of hydrogen-bond donors (Lipinski definition) is 1. The van der Waals surface area contributed by atoms with Gasteiger partial charge in [-0.3, -0.25) is 14.6 Å². The van der Waals surface area contributed by atoms with Crippen LogP contribution in [-0.4, -0.2) is 33.3 Å². The van der Waals surface area contributed by atoms with E-state index in [4.69, 9.17) is 0 Å². The maximum atomic E-state index is 12.7. The van der Waals surface area contributed by atoms with Crippen LogP contribution >= 0.6 is 15.9 Å². The van der Waals surface area contributed by atoms with Crippen LogP contribution in [-0.2, 0) is 16.1 Å². The highest BCUT2D eigenvalue weighted by Gasteiger charge is 2.46. The van der Waals surface area contributed by atoms with Crippen molar-refractivity contribution < 1.29 is 9.59 Å². The maximum absolute atomic E-state index is 12.7. The summed E-state index contributed by atoms with van der Waals surface area (Å²) in [6.07, 6.45) is 2.86. The Morgan fingerprint density at radius 1 is 1.38 bits per heavy atom. The Balaban J connectivity index is 2.29. The number of hydrogen-bond acceptors (Lipinski definition) is 3. The number of aromatic nitrogens is 1. The Morgan fingerprint density at radius 2 is 2.10 bits per heavy atom. The molecule has 2 amide bonds. The van der Waals surface area contributed by atoms with Crippen LogP contribution in [0.3, 0.4) is 0 Å². The van der Waals surface area contributed by atoms with Gasteiger partial charge in [-0.15, -0.1) is 0 Å². The van der Waals surface area contributed by atoms with Crippen LogP contribution < -0.4 is 5.32 Å². The van der Waals surface area contributed by atoms with Crippen LogP contribution in [0.15, 0.2) is 22.8 Å². The molecule has 6 heteroatoms. The van der Waals surface area contributed by atoms with Gasteiger partial charge in [0, 0.05) is 10.7 Å². The van der Waals surface area contributed by atoms with E-state index >= 15 is 0 Å². The fourth-order valence-corrected chi connectivity index (χ4v) is 2.75. The number of halogens is 1. The van der Waals surface area contributed by atoms with Crippen molar-refractivity contribution in [3.8, 4) is 0 Å². The lowest BCUT2D eigenvalue weighted by atomic mass is 9.91. The third-order valence-corrected chi connectivity index (χ3v) is 4.49. The Labute approximate surface area is 133 Å². The minimum Gasteiger partial charge on any atom is -0.340 e. The predicted molar refractivity (Wildman–Crippen MR) is 83.4 cm³/mol. The van der Waals surface area contributed by atoms with E-state index in [9.17, 15) is 9.59 Å². The molecule has 1 aromatic rings. The molecule has 21 heavy (non-hydrogen) atoms. The number of rotatable bonds is 4. The minimum atomic E-state index is -0.821. The van der Waals surface area contributed by atoms with E-state index in [-0.39, 0.29) is 11.8 Å². The third kappa shape index (κ3) is 3.10. The SMILES string of the molecule is CCC1C(=O)NC(C)(CC)C(=O)N1Cc1ccc(Br)cn1. The first-order valence-corrected chi connectivity index (χ1v) is 7.94. The van der Waals surface area contributed by atoms with E-state index in [0.29, 0.717) is 19.4 Å². The van der Waals surface area contributed by atoms with Crippen LogP contribution in [0.5, 0.6) is 0 Å². The topological polar surface area (TPSA) is 62.3 Å². The molecule has 0 spiro atoms. The number of nitrogens with zero attached hydrogens (tertiary/aromatic N) is 2. The summed E-state index contributed by atoms with van der Waals surface area (Å²) < 4.78 is 0.888. The molecule has 2 unspecified atom stereocenters. The van der Waals surface area contributed by atoms with Crippen molar-refractivity contribution in [3.05, 3.63) is 28.5 Å². The molecule has 5 nitrogen and oxygen atoms in total. The van der Waals surface area contributed by atoms with Gasteiger partial charge in [0.25, 0.3) is 0 Å². The lowest BCUT2D eigenvalue weighted by molar-refractivity contribution is -0.155. The molecule has 1 saturated heterocycles. The van der Waals surface area contributed by atoms with E-state index in [0.717, 1.165) is 10.2 Å². The highest BCUT2D eigenvalue weighted by molar-refractivity contribution is 9.10. The zero-order chi connectivity index (χ0) is 15.6. The molecule has 1 aliphatic heterocycles. The largest absolute Gasteiger partial charge is 0.340 e. The van der Waals surface area contributed by atoms with Crippen molar-refractivity contribution in [3.63, 3.8) is 0 Å². The highest BCUT2D eigenvalue weighted by atomic mass is 79.9. The molecule has 0 bridgehead atoms. The summed E-state index contributed by atoms with van der Waals surface area (Å²) in [6.45, 7) is 5.95. The van der Waals surface area contributed by atoms with Gasteiger partial charge in [-0.2, -0.15) is 0 Å². The van der Waals surface area contributed by atoms with Crippen LogP contribution in [0.25, 0.3) is 0 Å². The Kier molecular flexibility index (Phi) is 4.66. The molecule has 1 fully saturated rings. The summed E-state index contributed by atoms with van der Waals surface area (Å²) in [4.78, 5) is 31.0. The number of amides is 2. The van der Waals surface area contributed by atoms with Crippen LogP contribution in [0, 0.1) is 0 Å². The van der Waals surface area contributed by atoms with Gasteiger partial charge in [-0.05, 0) is 47.8 Å². The van der Waals surface area contributed by atoms with E-state index in [1.807, 2.05) is 26.0 Å². The summed E-state index contributed by atoms with van der Waals surface area (Å²) >= 11 is 3.34. The smallest absolute Gasteiger partial charge is 0.249 e. The van der Waals surface area contributed by atoms with Crippen molar-refractivity contribution in [1.82, 2.24) is 15.2 Å². The molecule has 2 atom stereocenters. The van der Waals surface area contributed by atoms with Crippen molar-refractivity contribution in [2.75, 3.05) is 0 Å². The number of piperazine rings is 1. The second-order valence-corrected chi connectivity index (χ2v) is 6.42. The number of carbonyl (C=O) groups excluding carboxylic acids is 2. The Bertz CT molecular complexity index is 546. The van der Waals surface area contributed by atoms with Gasteiger partial charge in [-0.25, -0.2) is 0 Å². The van der Waals surface area contributed by atoms with Crippen molar-refractivity contribution >= 4 is 27.7 Å². The van der Waals surface area contributed by atoms with Gasteiger partial charge < -0.3 is 10.2 Å². The van der Waals surface area contributed by atoms with Crippen molar-refractivity contribution in [2.45, 2.75) is 51.7 Å². The molecular formula is C15H20BrN3O2. The minimum absolute atomic E-state index is 0.0406. The van der Waals surface area contributed by atoms with Gasteiger partial charge in [0.2, 0.25) is 11.8 Å². The Morgan fingerprint density at radius 3 is 2.62 bits per heavy atom. The average molecular weight is 354 g/mol. The lowest BCUT2D eigenvalue weighted by Crippen LogP contribution is -2.68. The fraction of sp³-hybridized carbons (Fsp3) is 0.533.